The molecule has 0 amide bonds. The van der Waals surface area contributed by atoms with Crippen LogP contribution in [0.15, 0.2) is 24.3 Å². The molecule has 1 heterocycles. The minimum Gasteiger partial charge on any atom is -0.468 e. The Labute approximate surface area is 111 Å². The second kappa shape index (κ2) is 4.96. The number of methoxy groups -OCH3 is 1. The largest absolute Gasteiger partial charge is 0.468 e. The summed E-state index contributed by atoms with van der Waals surface area (Å²) in [5, 5.41) is 0. The molecule has 2 aromatic rings. The van der Waals surface area contributed by atoms with E-state index in [-0.39, 0.29) is 10.8 Å². The number of nitrogens with one attached hydrogen (secondary N) is 1. The van der Waals surface area contributed by atoms with Crippen molar-refractivity contribution in [3.63, 3.8) is 0 Å². The second-order valence-corrected chi connectivity index (χ2v) is 3.93. The molecule has 8 heteroatoms. The van der Waals surface area contributed by atoms with Gasteiger partial charge in [0.05, 0.1) is 12.7 Å². The van der Waals surface area contributed by atoms with Crippen LogP contribution in [-0.2, 0) is 6.18 Å². The number of alkyl halides is 3. The summed E-state index contributed by atoms with van der Waals surface area (Å²) in [6, 6.07) is 4.70. The third-order valence-corrected chi connectivity index (χ3v) is 2.49. The Bertz CT molecular complexity index is 637. The second-order valence-electron chi connectivity index (χ2n) is 3.56. The van der Waals surface area contributed by atoms with Crippen molar-refractivity contribution < 1.29 is 17.9 Å². The van der Waals surface area contributed by atoms with Crippen molar-refractivity contribution in [3.05, 3.63) is 34.6 Å². The number of hydrogen-bond donors (Lipinski definition) is 1. The number of aromatic amines is 1. The summed E-state index contributed by atoms with van der Waals surface area (Å²) >= 11 is 4.84. The Morgan fingerprint density at radius 1 is 1.16 bits per heavy atom. The highest BCUT2D eigenvalue weighted by molar-refractivity contribution is 7.71. The van der Waals surface area contributed by atoms with Gasteiger partial charge in [-0.15, -0.1) is 0 Å². The summed E-state index contributed by atoms with van der Waals surface area (Å²) in [5.74, 6) is 0.297. The van der Waals surface area contributed by atoms with Crippen molar-refractivity contribution in [3.8, 4) is 17.4 Å². The Kier molecular flexibility index (Phi) is 3.52. The molecule has 0 aliphatic rings. The van der Waals surface area contributed by atoms with Crippen LogP contribution in [-0.4, -0.2) is 22.1 Å². The van der Waals surface area contributed by atoms with E-state index in [1.54, 1.807) is 0 Å². The summed E-state index contributed by atoms with van der Waals surface area (Å²) in [6.07, 6.45) is -4.37. The Morgan fingerprint density at radius 2 is 1.79 bits per heavy atom. The van der Waals surface area contributed by atoms with E-state index in [1.807, 2.05) is 0 Å². The van der Waals surface area contributed by atoms with Crippen LogP contribution in [0.25, 0.3) is 11.4 Å². The predicted molar refractivity (Wildman–Crippen MR) is 64.2 cm³/mol. The molecule has 1 aromatic heterocycles. The number of benzene rings is 1. The summed E-state index contributed by atoms with van der Waals surface area (Å²) in [5.41, 5.74) is -0.268. The zero-order valence-electron chi connectivity index (χ0n) is 9.65. The normalized spacial score (nSPS) is 11.4. The highest BCUT2D eigenvalue weighted by atomic mass is 32.1. The molecule has 4 nitrogen and oxygen atoms in total. The van der Waals surface area contributed by atoms with Crippen LogP contribution in [0.3, 0.4) is 0 Å². The van der Waals surface area contributed by atoms with E-state index in [9.17, 15) is 13.2 Å². The number of rotatable bonds is 2. The van der Waals surface area contributed by atoms with Gasteiger partial charge in [-0.3, -0.25) is 4.98 Å². The van der Waals surface area contributed by atoms with Gasteiger partial charge in [0.2, 0.25) is 4.77 Å². The lowest BCUT2D eigenvalue weighted by molar-refractivity contribution is -0.137. The van der Waals surface area contributed by atoms with Gasteiger partial charge in [0.25, 0.3) is 6.01 Å². The van der Waals surface area contributed by atoms with Crippen molar-refractivity contribution >= 4 is 12.2 Å². The minimum absolute atomic E-state index is 0.0468. The molecule has 0 aliphatic carbocycles. The monoisotopic (exact) mass is 287 g/mol. The lowest BCUT2D eigenvalue weighted by Gasteiger charge is -2.07. The number of aromatic nitrogens is 3. The van der Waals surface area contributed by atoms with Gasteiger partial charge >= 0.3 is 6.18 Å². The molecule has 0 atom stereocenters. The highest BCUT2D eigenvalue weighted by Gasteiger charge is 2.30. The molecule has 1 aromatic carbocycles. The van der Waals surface area contributed by atoms with Gasteiger partial charge in [-0.1, -0.05) is 12.1 Å². The number of H-pyrrole nitrogens is 1. The van der Waals surface area contributed by atoms with Crippen LogP contribution in [0.1, 0.15) is 5.56 Å². The van der Waals surface area contributed by atoms with Crippen LogP contribution in [0.2, 0.25) is 0 Å². The number of nitrogens with zero attached hydrogens (tertiary/aromatic N) is 2. The summed E-state index contributed by atoms with van der Waals surface area (Å²) < 4.78 is 42.2. The fourth-order valence-corrected chi connectivity index (χ4v) is 1.59. The summed E-state index contributed by atoms with van der Waals surface area (Å²) in [4.78, 5) is 10.4. The molecule has 100 valence electrons. The first-order chi connectivity index (χ1) is 8.90. The fraction of sp³-hybridized carbons (Fsp3) is 0.182. The number of hydrogen-bond acceptors (Lipinski definition) is 4. The van der Waals surface area contributed by atoms with E-state index in [0.717, 1.165) is 12.1 Å². The quantitative estimate of drug-likeness (QED) is 0.862. The zero-order chi connectivity index (χ0) is 14.0. The topological polar surface area (TPSA) is 50.8 Å². The van der Waals surface area contributed by atoms with Crippen LogP contribution in [0.5, 0.6) is 6.01 Å². The first-order valence-corrected chi connectivity index (χ1v) is 5.51. The van der Waals surface area contributed by atoms with Crippen molar-refractivity contribution in [2.45, 2.75) is 6.18 Å². The Morgan fingerprint density at radius 3 is 2.32 bits per heavy atom. The van der Waals surface area contributed by atoms with Gasteiger partial charge < -0.3 is 4.74 Å². The third kappa shape index (κ3) is 3.08. The average molecular weight is 287 g/mol. The molecule has 2 rings (SSSR count). The van der Waals surface area contributed by atoms with Crippen molar-refractivity contribution in [2.24, 2.45) is 0 Å². The van der Waals surface area contributed by atoms with Gasteiger partial charge in [-0.05, 0) is 24.4 Å². The molecule has 1 N–H and O–H groups in total. The molecule has 0 bridgehead atoms. The van der Waals surface area contributed by atoms with Crippen LogP contribution < -0.4 is 4.74 Å². The molecular formula is C11H8F3N3OS. The van der Waals surface area contributed by atoms with Crippen LogP contribution in [0, 0.1) is 4.77 Å². The van der Waals surface area contributed by atoms with E-state index < -0.39 is 11.7 Å². The van der Waals surface area contributed by atoms with Gasteiger partial charge in [-0.25, -0.2) is 4.98 Å². The van der Waals surface area contributed by atoms with Gasteiger partial charge in [0, 0.05) is 5.56 Å². The lowest BCUT2D eigenvalue weighted by Crippen LogP contribution is -2.04. The zero-order valence-corrected chi connectivity index (χ0v) is 10.5. The highest BCUT2D eigenvalue weighted by Crippen LogP contribution is 2.30. The maximum absolute atomic E-state index is 12.4. The third-order valence-electron chi connectivity index (χ3n) is 2.31. The van der Waals surface area contributed by atoms with Crippen LogP contribution in [0.4, 0.5) is 13.2 Å². The molecule has 19 heavy (non-hydrogen) atoms. The molecule has 0 spiro atoms. The van der Waals surface area contributed by atoms with E-state index in [2.05, 4.69) is 15.0 Å². The lowest BCUT2D eigenvalue weighted by atomic mass is 10.1. The molecule has 0 fully saturated rings. The van der Waals surface area contributed by atoms with Crippen LogP contribution >= 0.6 is 12.2 Å². The van der Waals surface area contributed by atoms with E-state index in [1.165, 1.54) is 19.2 Å². The average Bonchev–Trinajstić information content (AvgIpc) is 2.37. The summed E-state index contributed by atoms with van der Waals surface area (Å²) in [7, 11) is 1.39. The van der Waals surface area contributed by atoms with Gasteiger partial charge in [-0.2, -0.15) is 18.2 Å². The molecule has 0 saturated heterocycles. The van der Waals surface area contributed by atoms with Crippen molar-refractivity contribution in [2.75, 3.05) is 7.11 Å². The minimum atomic E-state index is -4.37. The molecule has 0 saturated carbocycles. The maximum atomic E-state index is 12.4. The number of halogens is 3. The van der Waals surface area contributed by atoms with E-state index >= 15 is 0 Å². The first kappa shape index (κ1) is 13.5. The first-order valence-electron chi connectivity index (χ1n) is 5.10. The molecule has 0 unspecified atom stereocenters. The van der Waals surface area contributed by atoms with Gasteiger partial charge in [0.1, 0.15) is 5.82 Å². The Balaban J connectivity index is 2.43. The molecular weight excluding hydrogens is 279 g/mol. The predicted octanol–water partition coefficient (Wildman–Crippen LogP) is 3.23. The molecule has 0 aliphatic heterocycles. The maximum Gasteiger partial charge on any atom is 0.416 e. The van der Waals surface area contributed by atoms with E-state index in [4.69, 9.17) is 17.0 Å². The standard InChI is InChI=1S/C11H8F3N3OS/c1-18-9-15-8(16-10(19)17-9)6-2-4-7(5-3-6)11(12,13)14/h2-5H,1H3,(H,15,16,17,19). The van der Waals surface area contributed by atoms with Crippen molar-refractivity contribution in [1.29, 1.82) is 0 Å². The van der Waals surface area contributed by atoms with Gasteiger partial charge in [0.15, 0.2) is 0 Å². The van der Waals surface area contributed by atoms with E-state index in [0.29, 0.717) is 11.4 Å². The SMILES string of the molecule is COc1nc(=S)nc(-c2ccc(C(F)(F)F)cc2)[nH]1. The smallest absolute Gasteiger partial charge is 0.416 e. The van der Waals surface area contributed by atoms with Crippen molar-refractivity contribution in [1.82, 2.24) is 15.0 Å². The fourth-order valence-electron chi connectivity index (χ4n) is 1.42. The summed E-state index contributed by atoms with van der Waals surface area (Å²) in [6.45, 7) is 0. The molecule has 0 radical (unpaired) electrons. The Hall–Kier alpha value is -1.96. The number of ether oxygens (including phenoxy) is 1.